The minimum absolute atomic E-state index is 0.185. The summed E-state index contributed by atoms with van der Waals surface area (Å²) in [4.78, 5) is 0. The highest BCUT2D eigenvalue weighted by Gasteiger charge is 2.43. The van der Waals surface area contributed by atoms with E-state index in [-0.39, 0.29) is 18.8 Å². The van der Waals surface area contributed by atoms with Crippen molar-refractivity contribution in [1.29, 1.82) is 0 Å². The van der Waals surface area contributed by atoms with Crippen molar-refractivity contribution in [1.82, 2.24) is 0 Å². The minimum Gasteiger partial charge on any atom is -0.406 e. The number of benzene rings is 2. The molecule has 1 aliphatic heterocycles. The van der Waals surface area contributed by atoms with Crippen molar-refractivity contribution < 1.29 is 37.6 Å². The Hall–Kier alpha value is -1.84. The van der Waals surface area contributed by atoms with E-state index in [0.29, 0.717) is 29.0 Å². The van der Waals surface area contributed by atoms with Crippen molar-refractivity contribution in [3.8, 4) is 5.75 Å². The highest BCUT2D eigenvalue weighted by Crippen LogP contribution is 2.40. The summed E-state index contributed by atoms with van der Waals surface area (Å²) in [7, 11) is 1.46. The number of ether oxygens (including phenoxy) is 3. The molecule has 2 aromatic carbocycles. The third-order valence-corrected chi connectivity index (χ3v) is 5.34. The van der Waals surface area contributed by atoms with Crippen molar-refractivity contribution in [2.75, 3.05) is 13.7 Å². The van der Waals surface area contributed by atoms with Gasteiger partial charge in [-0.05, 0) is 41.8 Å². The second-order valence-corrected chi connectivity index (χ2v) is 7.56. The minimum atomic E-state index is -4.75. The van der Waals surface area contributed by atoms with E-state index in [1.165, 1.54) is 31.4 Å². The molecule has 2 unspecified atom stereocenters. The Morgan fingerprint density at radius 2 is 1.81 bits per heavy atom. The maximum absolute atomic E-state index is 12.3. The molecule has 178 valence electrons. The molecular formula is C23H28ClF3O5. The number of hydrogen-bond donors (Lipinski definition) is 2. The summed E-state index contributed by atoms with van der Waals surface area (Å²) in [6, 6.07) is 10.7. The van der Waals surface area contributed by atoms with E-state index in [9.17, 15) is 23.4 Å². The summed E-state index contributed by atoms with van der Waals surface area (Å²) in [6.07, 6.45) is -5.20. The molecule has 0 amide bonds. The molecule has 32 heavy (non-hydrogen) atoms. The number of rotatable bonds is 6. The Kier molecular flexibility index (Phi) is 9.36. The standard InChI is InChI=1S/C21H22ClF3O5.C2H6/c1-28-20(11-16(27)10-18(12-26)29-20)15-4-7-19(22)14(9-15)8-13-2-5-17(6-3-13)30-21(23,24)25;1-2/h2-7,9,16,18,26-27H,8,10-12H2,1H3;1-2H3/t16?,18?,20-;/m1./s1. The topological polar surface area (TPSA) is 68.2 Å². The fraction of sp³-hybridized carbons (Fsp3) is 0.478. The van der Waals surface area contributed by atoms with Gasteiger partial charge in [-0.1, -0.05) is 43.6 Å². The Balaban J connectivity index is 0.00000176. The number of alkyl halides is 3. The van der Waals surface area contributed by atoms with E-state index in [0.717, 1.165) is 5.56 Å². The van der Waals surface area contributed by atoms with E-state index in [2.05, 4.69) is 4.74 Å². The van der Waals surface area contributed by atoms with Crippen molar-refractivity contribution in [3.05, 3.63) is 64.2 Å². The molecule has 9 heteroatoms. The molecule has 0 spiro atoms. The van der Waals surface area contributed by atoms with Crippen molar-refractivity contribution in [2.24, 2.45) is 0 Å². The van der Waals surface area contributed by atoms with Gasteiger partial charge in [-0.2, -0.15) is 0 Å². The highest BCUT2D eigenvalue weighted by molar-refractivity contribution is 6.31. The fourth-order valence-corrected chi connectivity index (χ4v) is 3.77. The summed E-state index contributed by atoms with van der Waals surface area (Å²) < 4.78 is 52.4. The first-order valence-corrected chi connectivity index (χ1v) is 10.7. The normalized spacial score (nSPS) is 23.3. The lowest BCUT2D eigenvalue weighted by Crippen LogP contribution is -2.46. The molecule has 3 atom stereocenters. The number of halogens is 4. The Morgan fingerprint density at radius 1 is 1.16 bits per heavy atom. The van der Waals surface area contributed by atoms with Crippen LogP contribution >= 0.6 is 11.6 Å². The summed E-state index contributed by atoms with van der Waals surface area (Å²) >= 11 is 6.33. The van der Waals surface area contributed by atoms with Gasteiger partial charge in [-0.25, -0.2) is 0 Å². The quantitative estimate of drug-likeness (QED) is 0.600. The SMILES string of the molecule is CC.CO[C@]1(c2ccc(Cl)c(Cc3ccc(OC(F)(F)F)cc3)c2)CC(O)CC(CO)O1. The molecule has 1 heterocycles. The molecule has 0 aromatic heterocycles. The average Bonchev–Trinajstić information content (AvgIpc) is 2.76. The summed E-state index contributed by atoms with van der Waals surface area (Å²) in [5, 5.41) is 20.2. The molecular weight excluding hydrogens is 449 g/mol. The fourth-order valence-electron chi connectivity index (χ4n) is 3.59. The predicted octanol–water partition coefficient (Wildman–Crippen LogP) is 5.19. The monoisotopic (exact) mass is 476 g/mol. The van der Waals surface area contributed by atoms with Gasteiger partial charge in [-0.3, -0.25) is 0 Å². The molecule has 1 saturated heterocycles. The Bertz CT molecular complexity index is 860. The molecule has 1 aliphatic rings. The maximum Gasteiger partial charge on any atom is 0.573 e. The summed E-state index contributed by atoms with van der Waals surface area (Å²) in [5.74, 6) is -1.54. The average molecular weight is 477 g/mol. The lowest BCUT2D eigenvalue weighted by atomic mass is 9.91. The molecule has 0 radical (unpaired) electrons. The second-order valence-electron chi connectivity index (χ2n) is 7.15. The lowest BCUT2D eigenvalue weighted by molar-refractivity contribution is -0.298. The van der Waals surface area contributed by atoms with Crippen LogP contribution in [0.2, 0.25) is 5.02 Å². The molecule has 0 aliphatic carbocycles. The van der Waals surface area contributed by atoms with Crippen LogP contribution in [-0.4, -0.2) is 42.5 Å². The van der Waals surface area contributed by atoms with Crippen LogP contribution in [0, 0.1) is 0 Å². The zero-order valence-corrected chi connectivity index (χ0v) is 18.9. The first kappa shape index (κ1) is 26.4. The van der Waals surface area contributed by atoms with Crippen LogP contribution in [0.25, 0.3) is 0 Å². The maximum atomic E-state index is 12.3. The van der Waals surface area contributed by atoms with Gasteiger partial charge in [0.1, 0.15) is 5.75 Å². The molecule has 3 rings (SSSR count). The molecule has 0 bridgehead atoms. The Morgan fingerprint density at radius 3 is 2.38 bits per heavy atom. The van der Waals surface area contributed by atoms with Gasteiger partial charge in [-0.15, -0.1) is 13.2 Å². The van der Waals surface area contributed by atoms with Crippen molar-refractivity contribution >= 4 is 11.6 Å². The van der Waals surface area contributed by atoms with Crippen LogP contribution in [0.15, 0.2) is 42.5 Å². The summed E-state index contributed by atoms with van der Waals surface area (Å²) in [6.45, 7) is 3.75. The van der Waals surface area contributed by atoms with Crippen molar-refractivity contribution in [2.45, 2.75) is 57.5 Å². The highest BCUT2D eigenvalue weighted by atomic mass is 35.5. The molecule has 5 nitrogen and oxygen atoms in total. The van der Waals surface area contributed by atoms with E-state index in [1.807, 2.05) is 13.8 Å². The van der Waals surface area contributed by atoms with Crippen LogP contribution in [-0.2, 0) is 21.7 Å². The van der Waals surface area contributed by atoms with Crippen molar-refractivity contribution in [3.63, 3.8) is 0 Å². The van der Waals surface area contributed by atoms with Crippen LogP contribution in [0.5, 0.6) is 5.75 Å². The van der Waals surface area contributed by atoms with Gasteiger partial charge in [0.05, 0.1) is 18.8 Å². The number of hydrogen-bond acceptors (Lipinski definition) is 5. The van der Waals surface area contributed by atoms with Gasteiger partial charge >= 0.3 is 6.36 Å². The van der Waals surface area contributed by atoms with E-state index < -0.39 is 24.4 Å². The first-order chi connectivity index (χ1) is 15.1. The molecule has 2 N–H and O–H groups in total. The Labute approximate surface area is 190 Å². The summed E-state index contributed by atoms with van der Waals surface area (Å²) in [5.41, 5.74) is 2.06. The predicted molar refractivity (Wildman–Crippen MR) is 115 cm³/mol. The third kappa shape index (κ3) is 6.83. The van der Waals surface area contributed by atoms with Crippen LogP contribution < -0.4 is 4.74 Å². The number of methoxy groups -OCH3 is 1. The van der Waals surface area contributed by atoms with Gasteiger partial charge < -0.3 is 24.4 Å². The van der Waals surface area contributed by atoms with Gasteiger partial charge in [0.2, 0.25) is 0 Å². The molecule has 2 aromatic rings. The van der Waals surface area contributed by atoms with E-state index in [1.54, 1.807) is 18.2 Å². The van der Waals surface area contributed by atoms with Crippen LogP contribution in [0.3, 0.4) is 0 Å². The number of aliphatic hydroxyl groups is 2. The number of aliphatic hydroxyl groups excluding tert-OH is 2. The van der Waals surface area contributed by atoms with Gasteiger partial charge in [0.15, 0.2) is 5.79 Å². The van der Waals surface area contributed by atoms with Gasteiger partial charge in [0.25, 0.3) is 0 Å². The first-order valence-electron chi connectivity index (χ1n) is 10.3. The zero-order chi connectivity index (χ0) is 23.9. The van der Waals surface area contributed by atoms with E-state index in [4.69, 9.17) is 21.1 Å². The van der Waals surface area contributed by atoms with Crippen LogP contribution in [0.1, 0.15) is 43.4 Å². The third-order valence-electron chi connectivity index (χ3n) is 4.97. The smallest absolute Gasteiger partial charge is 0.406 e. The zero-order valence-electron chi connectivity index (χ0n) is 18.2. The lowest BCUT2D eigenvalue weighted by Gasteiger charge is -2.42. The molecule has 0 saturated carbocycles. The van der Waals surface area contributed by atoms with Crippen LogP contribution in [0.4, 0.5) is 13.2 Å². The molecule has 1 fully saturated rings. The second kappa shape index (κ2) is 11.3. The van der Waals surface area contributed by atoms with E-state index >= 15 is 0 Å². The van der Waals surface area contributed by atoms with Gasteiger partial charge in [0, 0.05) is 30.5 Å². The largest absolute Gasteiger partial charge is 0.573 e.